The van der Waals surface area contributed by atoms with E-state index in [1.165, 1.54) is 0 Å². The van der Waals surface area contributed by atoms with Crippen LogP contribution in [0.15, 0.2) is 0 Å². The molecule has 0 atom stereocenters. The van der Waals surface area contributed by atoms with Crippen molar-refractivity contribution in [3.63, 3.8) is 0 Å². The van der Waals surface area contributed by atoms with Gasteiger partial charge in [0.1, 0.15) is 0 Å². The van der Waals surface area contributed by atoms with Crippen molar-refractivity contribution in [2.75, 3.05) is 13.2 Å². The fraction of sp³-hybridized carbons (Fsp3) is 1.00. The van der Waals surface area contributed by atoms with Gasteiger partial charge in [-0.25, -0.2) is 10.9 Å². The molecule has 2 aliphatic heterocycles. The minimum atomic E-state index is 0.304. The minimum Gasteiger partial charge on any atom is -0.381 e. The molecular weight excluding hydrogens is 104 g/mol. The van der Waals surface area contributed by atoms with E-state index in [0.29, 0.717) is 5.66 Å². The molecule has 8 heavy (non-hydrogen) atoms. The molecule has 2 heterocycles. The summed E-state index contributed by atoms with van der Waals surface area (Å²) < 4.78 is 5.17. The van der Waals surface area contributed by atoms with Crippen molar-refractivity contribution < 1.29 is 4.74 Å². The lowest BCUT2D eigenvalue weighted by Crippen LogP contribution is -2.27. The van der Waals surface area contributed by atoms with Gasteiger partial charge in [-0.05, 0) is 0 Å². The van der Waals surface area contributed by atoms with Crippen LogP contribution in [0.1, 0.15) is 12.8 Å². The number of nitrogens with one attached hydrogen (secondary N) is 2. The van der Waals surface area contributed by atoms with E-state index in [0.717, 1.165) is 26.1 Å². The molecular formula is C5H10N2O. The number of hydrogen-bond donors (Lipinski definition) is 2. The molecule has 0 unspecified atom stereocenters. The lowest BCUT2D eigenvalue weighted by atomic mass is 10.1. The molecule has 0 bridgehead atoms. The van der Waals surface area contributed by atoms with Crippen LogP contribution in [0.3, 0.4) is 0 Å². The van der Waals surface area contributed by atoms with Crippen molar-refractivity contribution in [2.45, 2.75) is 18.5 Å². The first-order chi connectivity index (χ1) is 3.91. The maximum atomic E-state index is 5.17. The number of hydrogen-bond acceptors (Lipinski definition) is 3. The quantitative estimate of drug-likeness (QED) is 0.421. The first-order valence-electron chi connectivity index (χ1n) is 3.03. The molecule has 0 radical (unpaired) electrons. The molecule has 0 aromatic rings. The van der Waals surface area contributed by atoms with E-state index in [1.807, 2.05) is 0 Å². The van der Waals surface area contributed by atoms with Gasteiger partial charge in [0.15, 0.2) is 0 Å². The highest BCUT2D eigenvalue weighted by molar-refractivity contribution is 4.95. The van der Waals surface area contributed by atoms with Gasteiger partial charge in [0, 0.05) is 26.1 Å². The van der Waals surface area contributed by atoms with Gasteiger partial charge in [0.25, 0.3) is 0 Å². The smallest absolute Gasteiger partial charge is 0.0987 e. The van der Waals surface area contributed by atoms with Gasteiger partial charge in [0.05, 0.1) is 5.66 Å². The van der Waals surface area contributed by atoms with Crippen molar-refractivity contribution in [2.24, 2.45) is 0 Å². The Balaban J connectivity index is 1.95. The highest BCUT2D eigenvalue weighted by atomic mass is 16.5. The number of rotatable bonds is 0. The number of ether oxygens (including phenoxy) is 1. The van der Waals surface area contributed by atoms with Crippen LogP contribution in [0, 0.1) is 0 Å². The molecule has 2 N–H and O–H groups in total. The van der Waals surface area contributed by atoms with Crippen molar-refractivity contribution in [1.29, 1.82) is 0 Å². The van der Waals surface area contributed by atoms with Gasteiger partial charge in [0.2, 0.25) is 0 Å². The standard InChI is InChI=1S/C5H10N2O/c1-3-8-4-2-5(1)6-7-5/h6-7H,1-4H2. The summed E-state index contributed by atoms with van der Waals surface area (Å²) in [5, 5.41) is 0. The maximum Gasteiger partial charge on any atom is 0.0987 e. The van der Waals surface area contributed by atoms with Gasteiger partial charge in [-0.2, -0.15) is 0 Å². The molecule has 2 aliphatic rings. The Morgan fingerprint density at radius 1 is 1.12 bits per heavy atom. The molecule has 1 spiro atoms. The summed E-state index contributed by atoms with van der Waals surface area (Å²) in [6.45, 7) is 1.81. The Bertz CT molecular complexity index is 92.6. The van der Waals surface area contributed by atoms with E-state index in [1.54, 1.807) is 0 Å². The summed E-state index contributed by atoms with van der Waals surface area (Å²) in [4.78, 5) is 0. The summed E-state index contributed by atoms with van der Waals surface area (Å²) in [6, 6.07) is 0. The van der Waals surface area contributed by atoms with Crippen LogP contribution in [-0.2, 0) is 4.74 Å². The van der Waals surface area contributed by atoms with Crippen LogP contribution in [0.4, 0.5) is 0 Å². The van der Waals surface area contributed by atoms with Gasteiger partial charge >= 0.3 is 0 Å². The molecule has 2 fully saturated rings. The fourth-order valence-corrected chi connectivity index (χ4v) is 1.06. The van der Waals surface area contributed by atoms with Crippen LogP contribution < -0.4 is 10.9 Å². The largest absolute Gasteiger partial charge is 0.381 e. The molecule has 2 saturated heterocycles. The Hall–Kier alpha value is -0.120. The Labute approximate surface area is 48.4 Å². The van der Waals surface area contributed by atoms with Gasteiger partial charge in [-0.15, -0.1) is 0 Å². The lowest BCUT2D eigenvalue weighted by molar-refractivity contribution is 0.0759. The van der Waals surface area contributed by atoms with E-state index < -0.39 is 0 Å². The average Bonchev–Trinajstić information content (AvgIpc) is 2.52. The fourth-order valence-electron chi connectivity index (χ4n) is 1.06. The van der Waals surface area contributed by atoms with Crippen LogP contribution in [-0.4, -0.2) is 18.9 Å². The van der Waals surface area contributed by atoms with E-state index in [4.69, 9.17) is 4.74 Å². The molecule has 46 valence electrons. The van der Waals surface area contributed by atoms with E-state index >= 15 is 0 Å². The Kier molecular flexibility index (Phi) is 0.848. The predicted molar refractivity (Wildman–Crippen MR) is 29.1 cm³/mol. The second kappa shape index (κ2) is 1.43. The molecule has 0 saturated carbocycles. The zero-order valence-corrected chi connectivity index (χ0v) is 4.74. The molecule has 0 aliphatic carbocycles. The average molecular weight is 114 g/mol. The van der Waals surface area contributed by atoms with Crippen molar-refractivity contribution in [3.05, 3.63) is 0 Å². The molecule has 0 aromatic heterocycles. The van der Waals surface area contributed by atoms with Crippen molar-refractivity contribution in [1.82, 2.24) is 10.9 Å². The van der Waals surface area contributed by atoms with Crippen LogP contribution in [0.5, 0.6) is 0 Å². The monoisotopic (exact) mass is 114 g/mol. The maximum absolute atomic E-state index is 5.17. The summed E-state index contributed by atoms with van der Waals surface area (Å²) >= 11 is 0. The van der Waals surface area contributed by atoms with E-state index in [9.17, 15) is 0 Å². The second-order valence-corrected chi connectivity index (χ2v) is 2.44. The van der Waals surface area contributed by atoms with Crippen molar-refractivity contribution >= 4 is 0 Å². The Morgan fingerprint density at radius 3 is 2.12 bits per heavy atom. The number of hydrazine groups is 1. The zero-order chi connectivity index (χ0) is 5.45. The first-order valence-corrected chi connectivity index (χ1v) is 3.03. The SMILES string of the molecule is C1CC2(CCO1)NN2. The highest BCUT2D eigenvalue weighted by Gasteiger charge is 2.42. The zero-order valence-electron chi connectivity index (χ0n) is 4.74. The lowest BCUT2D eigenvalue weighted by Gasteiger charge is -2.17. The van der Waals surface area contributed by atoms with Gasteiger partial charge < -0.3 is 4.74 Å². The Morgan fingerprint density at radius 2 is 1.75 bits per heavy atom. The highest BCUT2D eigenvalue weighted by Crippen LogP contribution is 2.23. The van der Waals surface area contributed by atoms with Crippen LogP contribution in [0.25, 0.3) is 0 Å². The molecule has 0 amide bonds. The summed E-state index contributed by atoms with van der Waals surface area (Å²) in [5.41, 5.74) is 6.54. The van der Waals surface area contributed by atoms with E-state index in [-0.39, 0.29) is 0 Å². The summed E-state index contributed by atoms with van der Waals surface area (Å²) in [6.07, 6.45) is 2.24. The van der Waals surface area contributed by atoms with Crippen LogP contribution >= 0.6 is 0 Å². The third kappa shape index (κ3) is 0.632. The van der Waals surface area contributed by atoms with Gasteiger partial charge in [-0.1, -0.05) is 0 Å². The second-order valence-electron chi connectivity index (χ2n) is 2.44. The summed E-state index contributed by atoms with van der Waals surface area (Å²) in [5.74, 6) is 0. The van der Waals surface area contributed by atoms with E-state index in [2.05, 4.69) is 10.9 Å². The normalized spacial score (nSPS) is 33.0. The third-order valence-corrected chi connectivity index (χ3v) is 1.82. The van der Waals surface area contributed by atoms with Crippen LogP contribution in [0.2, 0.25) is 0 Å². The molecule has 0 aromatic carbocycles. The summed E-state index contributed by atoms with van der Waals surface area (Å²) in [7, 11) is 0. The molecule has 3 nitrogen and oxygen atoms in total. The minimum absolute atomic E-state index is 0.304. The van der Waals surface area contributed by atoms with Crippen molar-refractivity contribution in [3.8, 4) is 0 Å². The predicted octanol–water partition coefficient (Wildman–Crippen LogP) is -0.399. The third-order valence-electron chi connectivity index (χ3n) is 1.82. The molecule has 2 rings (SSSR count). The van der Waals surface area contributed by atoms with Gasteiger partial charge in [-0.3, -0.25) is 0 Å². The topological polar surface area (TPSA) is 53.1 Å². The molecule has 3 heteroatoms. The first kappa shape index (κ1) is 4.73.